The van der Waals surface area contributed by atoms with Crippen LogP contribution in [0.3, 0.4) is 0 Å². The fraction of sp³-hybridized carbons (Fsp3) is 0.333. The van der Waals surface area contributed by atoms with E-state index in [4.69, 9.17) is 22.1 Å². The van der Waals surface area contributed by atoms with Gasteiger partial charge in [-0.2, -0.15) is 0 Å². The van der Waals surface area contributed by atoms with Gasteiger partial charge in [-0.25, -0.2) is 0 Å². The Labute approximate surface area is 82.1 Å². The van der Waals surface area contributed by atoms with Gasteiger partial charge in [0, 0.05) is 12.1 Å². The van der Waals surface area contributed by atoms with Gasteiger partial charge in [0.1, 0.15) is 0 Å². The first kappa shape index (κ1) is 10.2. The molecule has 0 saturated heterocycles. The normalized spacial score (nSPS) is 10.2. The molecule has 0 heterocycles. The number of ether oxygens (including phenoxy) is 1. The first-order valence-corrected chi connectivity index (χ1v) is 4.24. The summed E-state index contributed by atoms with van der Waals surface area (Å²) in [6, 6.07) is 1.68. The summed E-state index contributed by atoms with van der Waals surface area (Å²) in [5, 5.41) is 10.1. The third-order valence-electron chi connectivity index (χ3n) is 1.90. The molecule has 1 aromatic carbocycles. The molecule has 72 valence electrons. The smallest absolute Gasteiger partial charge is 0.163 e. The lowest BCUT2D eigenvalue weighted by molar-refractivity contribution is 0.370. The summed E-state index contributed by atoms with van der Waals surface area (Å²) in [6.45, 7) is 2.03. The minimum Gasteiger partial charge on any atom is -0.504 e. The summed E-state index contributed by atoms with van der Waals surface area (Å²) in [7, 11) is 1.49. The molecule has 0 unspecified atom stereocenters. The number of aromatic hydroxyl groups is 1. The number of hydrogen-bond acceptors (Lipinski definition) is 3. The van der Waals surface area contributed by atoms with Crippen molar-refractivity contribution in [2.75, 3.05) is 7.11 Å². The van der Waals surface area contributed by atoms with Crippen molar-refractivity contribution in [1.82, 2.24) is 0 Å². The largest absolute Gasteiger partial charge is 0.504 e. The highest BCUT2D eigenvalue weighted by atomic mass is 35.5. The summed E-state index contributed by atoms with van der Waals surface area (Å²) in [5.41, 5.74) is 6.81. The monoisotopic (exact) mass is 201 g/mol. The zero-order chi connectivity index (χ0) is 10.0. The van der Waals surface area contributed by atoms with Crippen LogP contribution in [-0.4, -0.2) is 12.2 Å². The Balaban J connectivity index is 3.39. The molecule has 0 aliphatic carbocycles. The second kappa shape index (κ2) is 3.85. The van der Waals surface area contributed by atoms with Crippen molar-refractivity contribution in [3.05, 3.63) is 22.2 Å². The van der Waals surface area contributed by atoms with Crippen molar-refractivity contribution in [3.8, 4) is 11.5 Å². The molecule has 0 radical (unpaired) electrons. The Bertz CT molecular complexity index is 326. The van der Waals surface area contributed by atoms with E-state index in [1.807, 2.05) is 6.92 Å². The third kappa shape index (κ3) is 1.71. The van der Waals surface area contributed by atoms with Crippen molar-refractivity contribution in [2.45, 2.75) is 13.5 Å². The van der Waals surface area contributed by atoms with Crippen LogP contribution in [0.15, 0.2) is 6.07 Å². The van der Waals surface area contributed by atoms with Crippen LogP contribution in [0, 0.1) is 6.92 Å². The first-order chi connectivity index (χ1) is 6.11. The van der Waals surface area contributed by atoms with Gasteiger partial charge in [0.05, 0.1) is 12.1 Å². The molecule has 0 atom stereocenters. The minimum atomic E-state index is 0.0283. The lowest BCUT2D eigenvalue weighted by Gasteiger charge is -2.11. The Morgan fingerprint density at radius 2 is 2.23 bits per heavy atom. The Morgan fingerprint density at radius 3 is 2.69 bits per heavy atom. The van der Waals surface area contributed by atoms with Crippen LogP contribution in [0.4, 0.5) is 0 Å². The van der Waals surface area contributed by atoms with Gasteiger partial charge in [0.25, 0.3) is 0 Å². The van der Waals surface area contributed by atoms with E-state index in [9.17, 15) is 5.11 Å². The number of halogens is 1. The summed E-state index contributed by atoms with van der Waals surface area (Å²) >= 11 is 5.93. The highest BCUT2D eigenvalue weighted by Gasteiger charge is 2.13. The minimum absolute atomic E-state index is 0.0283. The van der Waals surface area contributed by atoms with E-state index in [0.717, 1.165) is 5.56 Å². The van der Waals surface area contributed by atoms with Crippen molar-refractivity contribution in [1.29, 1.82) is 0 Å². The molecule has 0 aliphatic heterocycles. The van der Waals surface area contributed by atoms with Gasteiger partial charge in [0.2, 0.25) is 0 Å². The van der Waals surface area contributed by atoms with Gasteiger partial charge in [0.15, 0.2) is 11.5 Å². The lowest BCUT2D eigenvalue weighted by atomic mass is 10.1. The Hall–Kier alpha value is -0.930. The second-order valence-corrected chi connectivity index (χ2v) is 3.12. The molecule has 0 fully saturated rings. The van der Waals surface area contributed by atoms with Gasteiger partial charge in [-0.3, -0.25) is 0 Å². The Kier molecular flexibility index (Phi) is 3.01. The number of nitrogens with two attached hydrogens (primary N) is 1. The van der Waals surface area contributed by atoms with Gasteiger partial charge in [-0.15, -0.1) is 0 Å². The van der Waals surface area contributed by atoms with E-state index in [1.165, 1.54) is 7.11 Å². The topological polar surface area (TPSA) is 55.5 Å². The zero-order valence-corrected chi connectivity index (χ0v) is 8.35. The average molecular weight is 202 g/mol. The van der Waals surface area contributed by atoms with E-state index < -0.39 is 0 Å². The summed E-state index contributed by atoms with van der Waals surface area (Å²) in [4.78, 5) is 0. The van der Waals surface area contributed by atoms with Gasteiger partial charge < -0.3 is 15.6 Å². The average Bonchev–Trinajstić information content (AvgIpc) is 2.12. The molecule has 3 nitrogen and oxygen atoms in total. The van der Waals surface area contributed by atoms with Crippen LogP contribution in [0.25, 0.3) is 0 Å². The quantitative estimate of drug-likeness (QED) is 0.768. The van der Waals surface area contributed by atoms with E-state index in [2.05, 4.69) is 0 Å². The van der Waals surface area contributed by atoms with E-state index in [0.29, 0.717) is 16.3 Å². The zero-order valence-electron chi connectivity index (χ0n) is 7.60. The van der Waals surface area contributed by atoms with E-state index in [1.54, 1.807) is 6.07 Å². The van der Waals surface area contributed by atoms with Crippen molar-refractivity contribution >= 4 is 11.6 Å². The number of rotatable bonds is 2. The number of phenols is 1. The Morgan fingerprint density at radius 1 is 1.62 bits per heavy atom. The lowest BCUT2D eigenvalue weighted by Crippen LogP contribution is -2.00. The van der Waals surface area contributed by atoms with Crippen LogP contribution in [0.1, 0.15) is 11.1 Å². The molecule has 0 aliphatic rings. The number of hydrogen-bond donors (Lipinski definition) is 2. The predicted molar refractivity (Wildman–Crippen MR) is 52.3 cm³/mol. The van der Waals surface area contributed by atoms with Crippen molar-refractivity contribution in [3.63, 3.8) is 0 Å². The molecule has 0 bridgehead atoms. The number of phenolic OH excluding ortho intramolecular Hbond substituents is 1. The number of methoxy groups -OCH3 is 1. The molecule has 0 amide bonds. The maximum Gasteiger partial charge on any atom is 0.163 e. The molecule has 0 spiro atoms. The van der Waals surface area contributed by atoms with Gasteiger partial charge in [-0.05, 0) is 18.6 Å². The first-order valence-electron chi connectivity index (χ1n) is 3.86. The molecule has 0 saturated carbocycles. The number of benzene rings is 1. The fourth-order valence-electron chi connectivity index (χ4n) is 1.16. The number of aryl methyl sites for hydroxylation is 1. The van der Waals surface area contributed by atoms with Crippen LogP contribution < -0.4 is 10.5 Å². The summed E-state index contributed by atoms with van der Waals surface area (Å²) in [6.07, 6.45) is 0. The molecule has 1 rings (SSSR count). The molecular formula is C9H12ClNO2. The maximum absolute atomic E-state index is 9.60. The standard InChI is InChI=1S/C9H12ClNO2/c1-5-3-7(13-2)9(12)6(4-11)8(5)10/h3,12H,4,11H2,1-2H3. The summed E-state index contributed by atoms with van der Waals surface area (Å²) in [5.74, 6) is 0.433. The molecule has 4 heteroatoms. The molecule has 1 aromatic rings. The maximum atomic E-state index is 9.60. The second-order valence-electron chi connectivity index (χ2n) is 2.74. The molecular weight excluding hydrogens is 190 g/mol. The van der Waals surface area contributed by atoms with Crippen LogP contribution in [0.2, 0.25) is 5.02 Å². The van der Waals surface area contributed by atoms with E-state index >= 15 is 0 Å². The molecule has 3 N–H and O–H groups in total. The van der Waals surface area contributed by atoms with Crippen LogP contribution >= 0.6 is 11.6 Å². The molecule has 13 heavy (non-hydrogen) atoms. The van der Waals surface area contributed by atoms with Gasteiger partial charge >= 0.3 is 0 Å². The van der Waals surface area contributed by atoms with Gasteiger partial charge in [-0.1, -0.05) is 11.6 Å². The predicted octanol–water partition coefficient (Wildman–Crippen LogP) is 1.82. The third-order valence-corrected chi connectivity index (χ3v) is 2.43. The SMILES string of the molecule is COc1cc(C)c(Cl)c(CN)c1O. The van der Waals surface area contributed by atoms with Crippen molar-refractivity contribution in [2.24, 2.45) is 5.73 Å². The van der Waals surface area contributed by atoms with Crippen molar-refractivity contribution < 1.29 is 9.84 Å². The van der Waals surface area contributed by atoms with Crippen LogP contribution in [0.5, 0.6) is 11.5 Å². The highest BCUT2D eigenvalue weighted by Crippen LogP contribution is 2.36. The molecule has 0 aromatic heterocycles. The highest BCUT2D eigenvalue weighted by molar-refractivity contribution is 6.32. The van der Waals surface area contributed by atoms with E-state index in [-0.39, 0.29) is 12.3 Å². The van der Waals surface area contributed by atoms with Crippen LogP contribution in [-0.2, 0) is 6.54 Å². The fourth-order valence-corrected chi connectivity index (χ4v) is 1.38. The summed E-state index contributed by atoms with van der Waals surface area (Å²) < 4.78 is 4.96.